The van der Waals surface area contributed by atoms with Gasteiger partial charge in [0.25, 0.3) is 0 Å². The number of nitrogens with zero attached hydrogens (tertiary/aromatic N) is 1. The first-order valence-corrected chi connectivity index (χ1v) is 11.1. The summed E-state index contributed by atoms with van der Waals surface area (Å²) in [6, 6.07) is 12.1. The van der Waals surface area contributed by atoms with Crippen LogP contribution in [-0.2, 0) is 6.42 Å². The van der Waals surface area contributed by atoms with Crippen molar-refractivity contribution in [2.75, 3.05) is 13.7 Å². The van der Waals surface area contributed by atoms with Gasteiger partial charge in [-0.25, -0.2) is 4.98 Å². The molecule has 0 amide bonds. The predicted octanol–water partition coefficient (Wildman–Crippen LogP) is 6.08. The van der Waals surface area contributed by atoms with Crippen molar-refractivity contribution >= 4 is 5.78 Å². The number of oxazole rings is 1. The normalized spacial score (nSPS) is 12.6. The lowest BCUT2D eigenvalue weighted by Crippen LogP contribution is -2.02. The van der Waals surface area contributed by atoms with Gasteiger partial charge in [-0.05, 0) is 49.1 Å². The number of phenolic OH excluding ortho intramolecular Hbond substituents is 1. The Labute approximate surface area is 189 Å². The highest BCUT2D eigenvalue weighted by molar-refractivity contribution is 5.98. The van der Waals surface area contributed by atoms with E-state index in [4.69, 9.17) is 13.9 Å². The Bertz CT molecular complexity index is 1020. The maximum Gasteiger partial charge on any atom is 0.226 e. The van der Waals surface area contributed by atoms with E-state index in [1.165, 1.54) is 25.3 Å². The molecule has 1 saturated carbocycles. The molecule has 0 aliphatic heterocycles. The molecule has 0 atom stereocenters. The van der Waals surface area contributed by atoms with Gasteiger partial charge in [-0.2, -0.15) is 0 Å². The number of ether oxygens (including phenoxy) is 2. The van der Waals surface area contributed by atoms with E-state index in [9.17, 15) is 9.90 Å². The molecule has 32 heavy (non-hydrogen) atoms. The largest absolute Gasteiger partial charge is 0.507 e. The van der Waals surface area contributed by atoms with E-state index in [2.05, 4.69) is 18.8 Å². The molecule has 0 radical (unpaired) electrons. The number of para-hydroxylation sites is 1. The summed E-state index contributed by atoms with van der Waals surface area (Å²) in [4.78, 5) is 16.8. The minimum atomic E-state index is -0.132. The Morgan fingerprint density at radius 1 is 1.16 bits per heavy atom. The summed E-state index contributed by atoms with van der Waals surface area (Å²) in [5.41, 5.74) is 1.79. The topological polar surface area (TPSA) is 81.8 Å². The highest BCUT2D eigenvalue weighted by Crippen LogP contribution is 2.35. The van der Waals surface area contributed by atoms with Crippen LogP contribution in [0.3, 0.4) is 0 Å². The molecule has 0 unspecified atom stereocenters. The van der Waals surface area contributed by atoms with Crippen LogP contribution in [-0.4, -0.2) is 29.6 Å². The smallest absolute Gasteiger partial charge is 0.226 e. The summed E-state index contributed by atoms with van der Waals surface area (Å²) >= 11 is 0. The zero-order chi connectivity index (χ0) is 22.9. The van der Waals surface area contributed by atoms with E-state index in [-0.39, 0.29) is 18.0 Å². The molecular weight excluding hydrogens is 406 g/mol. The second-order valence-corrected chi connectivity index (χ2v) is 7.91. The second-order valence-electron chi connectivity index (χ2n) is 7.91. The van der Waals surface area contributed by atoms with Gasteiger partial charge in [0, 0.05) is 18.4 Å². The first-order valence-electron chi connectivity index (χ1n) is 11.1. The van der Waals surface area contributed by atoms with Crippen molar-refractivity contribution in [1.82, 2.24) is 4.98 Å². The van der Waals surface area contributed by atoms with Crippen molar-refractivity contribution in [3.8, 4) is 28.7 Å². The molecule has 3 aromatic rings. The molecule has 1 N–H and O–H groups in total. The fourth-order valence-electron chi connectivity index (χ4n) is 3.05. The Kier molecular flexibility index (Phi) is 8.31. The van der Waals surface area contributed by atoms with Gasteiger partial charge in [0.2, 0.25) is 5.89 Å². The monoisotopic (exact) mass is 437 g/mol. The number of aromatic nitrogens is 1. The van der Waals surface area contributed by atoms with Crippen molar-refractivity contribution < 1.29 is 23.8 Å². The Morgan fingerprint density at radius 2 is 1.91 bits per heavy atom. The molecule has 1 aliphatic carbocycles. The van der Waals surface area contributed by atoms with Crippen LogP contribution in [0.1, 0.15) is 55.6 Å². The lowest BCUT2D eigenvalue weighted by atomic mass is 10.0. The van der Waals surface area contributed by atoms with E-state index >= 15 is 0 Å². The molecule has 170 valence electrons. The maximum absolute atomic E-state index is 12.3. The molecule has 1 heterocycles. The summed E-state index contributed by atoms with van der Waals surface area (Å²) in [5, 5.41) is 9.80. The van der Waals surface area contributed by atoms with Crippen LogP contribution in [0.5, 0.6) is 17.2 Å². The average Bonchev–Trinajstić information content (AvgIpc) is 3.51. The number of Topliss-reactive ketones (excluding diaryl/α,β-unsaturated/α-hetero) is 1. The van der Waals surface area contributed by atoms with Gasteiger partial charge in [-0.1, -0.05) is 32.4 Å². The lowest BCUT2D eigenvalue weighted by molar-refractivity contribution is 0.0980. The maximum atomic E-state index is 12.3. The summed E-state index contributed by atoms with van der Waals surface area (Å²) in [7, 11) is 1.61. The first kappa shape index (κ1) is 23.4. The number of hydrogen-bond acceptors (Lipinski definition) is 6. The summed E-state index contributed by atoms with van der Waals surface area (Å²) < 4.78 is 16.9. The minimum Gasteiger partial charge on any atom is -0.507 e. The summed E-state index contributed by atoms with van der Waals surface area (Å²) in [6.07, 6.45) is 5.90. The van der Waals surface area contributed by atoms with Crippen molar-refractivity contribution in [3.63, 3.8) is 0 Å². The Morgan fingerprint density at radius 3 is 2.59 bits per heavy atom. The van der Waals surface area contributed by atoms with E-state index in [0.29, 0.717) is 47.6 Å². The van der Waals surface area contributed by atoms with Gasteiger partial charge >= 0.3 is 0 Å². The summed E-state index contributed by atoms with van der Waals surface area (Å²) in [6.45, 7) is 4.94. The SMILES string of the molecule is CCC.COc1ccc(-c2nc(CCC(=O)c3ccccc3O)co2)cc1OCC1CC1. The third-order valence-electron chi connectivity index (χ3n) is 4.95. The second kappa shape index (κ2) is 11.4. The molecule has 6 heteroatoms. The van der Waals surface area contributed by atoms with Crippen LogP contribution < -0.4 is 9.47 Å². The quantitative estimate of drug-likeness (QED) is 0.409. The van der Waals surface area contributed by atoms with Gasteiger partial charge in [-0.3, -0.25) is 4.79 Å². The predicted molar refractivity (Wildman–Crippen MR) is 123 cm³/mol. The van der Waals surface area contributed by atoms with Gasteiger partial charge < -0.3 is 19.0 Å². The summed E-state index contributed by atoms with van der Waals surface area (Å²) in [5.74, 6) is 2.32. The average molecular weight is 438 g/mol. The Balaban J connectivity index is 0.000000913. The number of carbonyl (C=O) groups excluding carboxylic acids is 1. The molecule has 1 aliphatic rings. The number of aryl methyl sites for hydroxylation is 1. The molecule has 0 spiro atoms. The molecule has 0 bridgehead atoms. The van der Waals surface area contributed by atoms with Crippen molar-refractivity contribution in [2.45, 2.75) is 46.0 Å². The number of ketones is 1. The van der Waals surface area contributed by atoms with E-state index in [1.807, 2.05) is 18.2 Å². The van der Waals surface area contributed by atoms with Crippen LogP contribution in [0.25, 0.3) is 11.5 Å². The van der Waals surface area contributed by atoms with Gasteiger partial charge in [0.05, 0.1) is 25.0 Å². The molecule has 4 rings (SSSR count). The molecule has 2 aromatic carbocycles. The molecule has 6 nitrogen and oxygen atoms in total. The molecular formula is C26H31NO5. The van der Waals surface area contributed by atoms with E-state index in [0.717, 1.165) is 5.56 Å². The van der Waals surface area contributed by atoms with Crippen LogP contribution in [0.4, 0.5) is 0 Å². The van der Waals surface area contributed by atoms with Gasteiger partial charge in [0.1, 0.15) is 12.0 Å². The highest BCUT2D eigenvalue weighted by Gasteiger charge is 2.23. The van der Waals surface area contributed by atoms with Crippen LogP contribution in [0.2, 0.25) is 0 Å². The number of carbonyl (C=O) groups is 1. The number of benzene rings is 2. The number of hydrogen-bond donors (Lipinski definition) is 1. The highest BCUT2D eigenvalue weighted by atomic mass is 16.5. The van der Waals surface area contributed by atoms with Gasteiger partial charge in [-0.15, -0.1) is 0 Å². The number of aromatic hydroxyl groups is 1. The fraction of sp³-hybridized carbons (Fsp3) is 0.385. The third kappa shape index (κ3) is 6.36. The van der Waals surface area contributed by atoms with Crippen molar-refractivity contribution in [3.05, 3.63) is 60.0 Å². The number of phenols is 1. The Hall–Kier alpha value is -3.28. The molecule has 1 fully saturated rings. The number of methoxy groups -OCH3 is 1. The van der Waals surface area contributed by atoms with Crippen molar-refractivity contribution in [2.24, 2.45) is 5.92 Å². The third-order valence-corrected chi connectivity index (χ3v) is 4.95. The zero-order valence-electron chi connectivity index (χ0n) is 19.0. The van der Waals surface area contributed by atoms with Crippen LogP contribution >= 0.6 is 0 Å². The first-order chi connectivity index (χ1) is 15.5. The van der Waals surface area contributed by atoms with Crippen LogP contribution in [0.15, 0.2) is 53.1 Å². The van der Waals surface area contributed by atoms with E-state index < -0.39 is 0 Å². The van der Waals surface area contributed by atoms with Gasteiger partial charge in [0.15, 0.2) is 17.3 Å². The molecule has 1 aromatic heterocycles. The standard InChI is InChI=1S/C23H23NO5.C3H8/c1-27-21-11-8-16(12-22(21)28-13-15-6-7-15)23-24-17(14-29-23)9-10-20(26)18-4-2-3-5-19(18)25;1-3-2/h2-5,8,11-12,14-15,25H,6-7,9-10,13H2,1H3;3H2,1-2H3. The minimum absolute atomic E-state index is 0.00435. The number of rotatable bonds is 9. The zero-order valence-corrected chi connectivity index (χ0v) is 19.0. The lowest BCUT2D eigenvalue weighted by Gasteiger charge is -2.11. The van der Waals surface area contributed by atoms with E-state index in [1.54, 1.807) is 31.6 Å². The molecule has 0 saturated heterocycles. The van der Waals surface area contributed by atoms with Crippen LogP contribution in [0, 0.1) is 5.92 Å². The fourth-order valence-corrected chi connectivity index (χ4v) is 3.05. The van der Waals surface area contributed by atoms with Crippen molar-refractivity contribution in [1.29, 1.82) is 0 Å².